The second-order valence-electron chi connectivity index (χ2n) is 4.69. The van der Waals surface area contributed by atoms with Gasteiger partial charge in [-0.2, -0.15) is 0 Å². The normalized spacial score (nSPS) is 9.88. The molecular weight excluding hydrogens is 385 g/mol. The van der Waals surface area contributed by atoms with Crippen LogP contribution in [-0.2, 0) is 6.42 Å². The second-order valence-corrected chi connectivity index (χ2v) is 5.81. The largest absolute Gasteiger partial charge is 0.508 e. The van der Waals surface area contributed by atoms with Crippen molar-refractivity contribution < 1.29 is 5.11 Å². The zero-order chi connectivity index (χ0) is 18.1. The van der Waals surface area contributed by atoms with E-state index in [-0.39, 0.29) is 11.0 Å². The molecular formula is C16H14Cl3N5O. The van der Waals surface area contributed by atoms with Crippen molar-refractivity contribution in [3.63, 3.8) is 0 Å². The molecule has 1 aromatic carbocycles. The third kappa shape index (κ3) is 7.51. The number of halogens is 3. The van der Waals surface area contributed by atoms with Gasteiger partial charge in [-0.3, -0.25) is 0 Å². The average molecular weight is 399 g/mol. The average Bonchev–Trinajstić information content (AvgIpc) is 2.57. The summed E-state index contributed by atoms with van der Waals surface area (Å²) in [5.41, 5.74) is 1.14. The first-order chi connectivity index (χ1) is 12.0. The molecule has 0 unspecified atom stereocenters. The van der Waals surface area contributed by atoms with E-state index in [0.717, 1.165) is 12.0 Å². The number of aromatic hydroxyl groups is 1. The summed E-state index contributed by atoms with van der Waals surface area (Å²) in [6.45, 7) is 0.713. The minimum Gasteiger partial charge on any atom is -0.508 e. The molecule has 0 atom stereocenters. The van der Waals surface area contributed by atoms with Crippen LogP contribution in [0.15, 0.2) is 48.8 Å². The molecule has 0 aliphatic heterocycles. The van der Waals surface area contributed by atoms with E-state index in [0.29, 0.717) is 22.8 Å². The van der Waals surface area contributed by atoms with E-state index in [1.54, 1.807) is 30.5 Å². The van der Waals surface area contributed by atoms with Crippen LogP contribution >= 0.6 is 34.8 Å². The van der Waals surface area contributed by atoms with Crippen LogP contribution in [0.3, 0.4) is 0 Å². The molecule has 0 radical (unpaired) electrons. The van der Waals surface area contributed by atoms with Crippen molar-refractivity contribution in [1.82, 2.24) is 19.9 Å². The smallest absolute Gasteiger partial charge is 0.224 e. The van der Waals surface area contributed by atoms with Crippen LogP contribution in [0.2, 0.25) is 15.6 Å². The lowest BCUT2D eigenvalue weighted by molar-refractivity contribution is 0.475. The number of hydrogen-bond donors (Lipinski definition) is 2. The third-order valence-corrected chi connectivity index (χ3v) is 3.45. The molecule has 2 heterocycles. The van der Waals surface area contributed by atoms with Gasteiger partial charge in [0, 0.05) is 18.9 Å². The van der Waals surface area contributed by atoms with Gasteiger partial charge in [-0.05, 0) is 47.9 Å². The molecule has 0 bridgehead atoms. The molecule has 0 saturated carbocycles. The first kappa shape index (κ1) is 19.2. The maximum atomic E-state index is 9.14. The molecule has 0 amide bonds. The number of benzene rings is 1. The van der Waals surface area contributed by atoms with E-state index in [1.165, 1.54) is 6.20 Å². The monoisotopic (exact) mass is 397 g/mol. The summed E-state index contributed by atoms with van der Waals surface area (Å²) in [7, 11) is 0. The Bertz CT molecular complexity index is 785. The SMILES string of the molecule is Clc1ccnc(Cl)n1.Oc1ccc(CCNc2nccc(Cl)n2)cc1. The fraction of sp³-hybridized carbons (Fsp3) is 0.125. The summed E-state index contributed by atoms with van der Waals surface area (Å²) in [4.78, 5) is 15.3. The minimum atomic E-state index is 0.178. The lowest BCUT2D eigenvalue weighted by atomic mass is 10.1. The Morgan fingerprint density at radius 3 is 2.04 bits per heavy atom. The molecule has 130 valence electrons. The first-order valence-corrected chi connectivity index (χ1v) is 8.30. The number of hydrogen-bond acceptors (Lipinski definition) is 6. The number of anilines is 1. The molecule has 3 aromatic rings. The summed E-state index contributed by atoms with van der Waals surface area (Å²) in [6, 6.07) is 10.3. The van der Waals surface area contributed by atoms with Gasteiger partial charge in [0.1, 0.15) is 16.1 Å². The van der Waals surface area contributed by atoms with Gasteiger partial charge in [0.15, 0.2) is 0 Å². The number of phenolic OH excluding ortho intramolecular Hbond substituents is 1. The van der Waals surface area contributed by atoms with Gasteiger partial charge in [0.05, 0.1) is 0 Å². The van der Waals surface area contributed by atoms with E-state index in [1.807, 2.05) is 12.1 Å². The minimum absolute atomic E-state index is 0.178. The zero-order valence-corrected chi connectivity index (χ0v) is 15.2. The Hall–Kier alpha value is -2.15. The fourth-order valence-electron chi connectivity index (χ4n) is 1.72. The summed E-state index contributed by atoms with van der Waals surface area (Å²) in [6.07, 6.45) is 3.94. The predicted molar refractivity (Wildman–Crippen MR) is 99.4 cm³/mol. The topological polar surface area (TPSA) is 83.8 Å². The number of aromatic nitrogens is 4. The molecule has 6 nitrogen and oxygen atoms in total. The number of nitrogens with zero attached hydrogens (tertiary/aromatic N) is 4. The highest BCUT2D eigenvalue weighted by atomic mass is 35.5. The van der Waals surface area contributed by atoms with Crippen LogP contribution in [0.5, 0.6) is 5.75 Å². The lowest BCUT2D eigenvalue weighted by Crippen LogP contribution is -2.07. The Labute approximate surface area is 159 Å². The second kappa shape index (κ2) is 9.98. The lowest BCUT2D eigenvalue weighted by Gasteiger charge is -2.04. The van der Waals surface area contributed by atoms with Gasteiger partial charge in [-0.25, -0.2) is 19.9 Å². The predicted octanol–water partition coefficient (Wildman–Crippen LogP) is 4.27. The molecule has 0 fully saturated rings. The van der Waals surface area contributed by atoms with Crippen molar-refractivity contribution >= 4 is 40.8 Å². The van der Waals surface area contributed by atoms with Crippen LogP contribution in [-0.4, -0.2) is 31.6 Å². The van der Waals surface area contributed by atoms with Gasteiger partial charge in [0.2, 0.25) is 11.2 Å². The molecule has 3 rings (SSSR count). The van der Waals surface area contributed by atoms with Crippen LogP contribution in [0.4, 0.5) is 5.95 Å². The van der Waals surface area contributed by atoms with Crippen molar-refractivity contribution in [2.75, 3.05) is 11.9 Å². The highest BCUT2D eigenvalue weighted by Crippen LogP contribution is 2.10. The number of rotatable bonds is 4. The zero-order valence-electron chi connectivity index (χ0n) is 12.9. The van der Waals surface area contributed by atoms with Gasteiger partial charge in [-0.1, -0.05) is 35.3 Å². The highest BCUT2D eigenvalue weighted by Gasteiger charge is 1.97. The quantitative estimate of drug-likeness (QED) is 0.504. The van der Waals surface area contributed by atoms with E-state index in [4.69, 9.17) is 39.9 Å². The highest BCUT2D eigenvalue weighted by molar-refractivity contribution is 6.31. The first-order valence-electron chi connectivity index (χ1n) is 7.17. The molecule has 2 aromatic heterocycles. The standard InChI is InChI=1S/C12H12ClN3O.C4H2Cl2N2/c13-11-6-8-15-12(16-11)14-7-5-9-1-3-10(17)4-2-9;5-3-1-2-7-4(6)8-3/h1-4,6,8,17H,5,7H2,(H,14,15,16);1-2H. The summed E-state index contributed by atoms with van der Waals surface area (Å²) >= 11 is 16.5. The number of phenols is 1. The van der Waals surface area contributed by atoms with Crippen LogP contribution in [0.25, 0.3) is 0 Å². The Morgan fingerprint density at radius 1 is 0.840 bits per heavy atom. The van der Waals surface area contributed by atoms with Crippen molar-refractivity contribution in [3.05, 3.63) is 69.9 Å². The third-order valence-electron chi connectivity index (χ3n) is 2.85. The summed E-state index contributed by atoms with van der Waals surface area (Å²) in [5, 5.41) is 13.2. The van der Waals surface area contributed by atoms with Crippen LogP contribution < -0.4 is 5.32 Å². The Kier molecular flexibility index (Phi) is 7.66. The van der Waals surface area contributed by atoms with Gasteiger partial charge in [-0.15, -0.1) is 0 Å². The van der Waals surface area contributed by atoms with Gasteiger partial charge < -0.3 is 10.4 Å². The number of nitrogens with one attached hydrogen (secondary N) is 1. The molecule has 0 aliphatic carbocycles. The Balaban J connectivity index is 0.000000236. The molecule has 0 aliphatic rings. The van der Waals surface area contributed by atoms with Crippen molar-refractivity contribution in [1.29, 1.82) is 0 Å². The van der Waals surface area contributed by atoms with Crippen molar-refractivity contribution in [2.24, 2.45) is 0 Å². The van der Waals surface area contributed by atoms with E-state index in [9.17, 15) is 0 Å². The summed E-state index contributed by atoms with van der Waals surface area (Å²) in [5.74, 6) is 0.802. The molecule has 25 heavy (non-hydrogen) atoms. The van der Waals surface area contributed by atoms with E-state index in [2.05, 4.69) is 25.3 Å². The van der Waals surface area contributed by atoms with Crippen molar-refractivity contribution in [3.8, 4) is 5.75 Å². The van der Waals surface area contributed by atoms with Gasteiger partial charge in [0.25, 0.3) is 0 Å². The molecule has 9 heteroatoms. The van der Waals surface area contributed by atoms with Crippen LogP contribution in [0.1, 0.15) is 5.56 Å². The van der Waals surface area contributed by atoms with Crippen molar-refractivity contribution in [2.45, 2.75) is 6.42 Å². The maximum Gasteiger partial charge on any atom is 0.224 e. The molecule has 0 saturated heterocycles. The maximum absolute atomic E-state index is 9.14. The van der Waals surface area contributed by atoms with Crippen LogP contribution in [0, 0.1) is 0 Å². The Morgan fingerprint density at radius 2 is 1.48 bits per heavy atom. The molecule has 0 spiro atoms. The fourth-order valence-corrected chi connectivity index (χ4v) is 2.18. The molecule has 2 N–H and O–H groups in total. The van der Waals surface area contributed by atoms with Gasteiger partial charge >= 0.3 is 0 Å². The van der Waals surface area contributed by atoms with E-state index >= 15 is 0 Å². The van der Waals surface area contributed by atoms with E-state index < -0.39 is 0 Å². The summed E-state index contributed by atoms with van der Waals surface area (Å²) < 4.78 is 0.